The Labute approximate surface area is 224 Å². The van der Waals surface area contributed by atoms with Gasteiger partial charge >= 0.3 is 0 Å². The zero-order chi connectivity index (χ0) is 27.1. The lowest BCUT2D eigenvalue weighted by molar-refractivity contribution is -0.116. The fourth-order valence-electron chi connectivity index (χ4n) is 4.60. The number of amides is 3. The van der Waals surface area contributed by atoms with E-state index < -0.39 is 0 Å². The van der Waals surface area contributed by atoms with Crippen molar-refractivity contribution in [1.82, 2.24) is 9.80 Å². The second-order valence-corrected chi connectivity index (χ2v) is 9.93. The number of piperidine rings is 1. The number of carbonyl (C=O) groups excluding carboxylic acids is 3. The predicted molar refractivity (Wildman–Crippen MR) is 149 cm³/mol. The molecule has 3 aromatic carbocycles. The topological polar surface area (TPSA) is 79.0 Å². The molecule has 3 amide bonds. The molecule has 0 aromatic heterocycles. The number of aryl methyl sites for hydroxylation is 1. The molecule has 3 aromatic rings. The molecule has 0 bridgehead atoms. The fourth-order valence-corrected chi connectivity index (χ4v) is 4.60. The molecule has 4 rings (SSSR count). The van der Waals surface area contributed by atoms with E-state index in [1.165, 1.54) is 10.5 Å². The maximum absolute atomic E-state index is 13.1. The first-order chi connectivity index (χ1) is 18.3. The molecule has 1 heterocycles. The van der Waals surface area contributed by atoms with Gasteiger partial charge < -0.3 is 19.9 Å². The molecule has 198 valence electrons. The number of hydrogen-bond acceptors (Lipinski definition) is 4. The maximum atomic E-state index is 13.1. The zero-order valence-corrected chi connectivity index (χ0v) is 22.3. The van der Waals surface area contributed by atoms with E-state index in [0.717, 1.165) is 29.8 Å². The quantitative estimate of drug-likeness (QED) is 0.453. The van der Waals surface area contributed by atoms with Gasteiger partial charge in [0.1, 0.15) is 5.75 Å². The number of carbonyl (C=O) groups is 3. The van der Waals surface area contributed by atoms with Crippen molar-refractivity contribution >= 4 is 23.4 Å². The molecule has 0 atom stereocenters. The lowest BCUT2D eigenvalue weighted by Crippen LogP contribution is -2.38. The smallest absolute Gasteiger partial charge is 0.253 e. The molecule has 1 aliphatic rings. The van der Waals surface area contributed by atoms with Gasteiger partial charge in [0, 0.05) is 44.0 Å². The van der Waals surface area contributed by atoms with Crippen molar-refractivity contribution in [3.8, 4) is 5.75 Å². The lowest BCUT2D eigenvalue weighted by Gasteiger charge is -2.32. The average Bonchev–Trinajstić information content (AvgIpc) is 2.94. The first kappa shape index (κ1) is 26.9. The van der Waals surface area contributed by atoms with E-state index in [1.807, 2.05) is 48.2 Å². The van der Waals surface area contributed by atoms with Crippen molar-refractivity contribution in [2.45, 2.75) is 32.1 Å². The van der Waals surface area contributed by atoms with Crippen LogP contribution in [0.15, 0.2) is 72.8 Å². The van der Waals surface area contributed by atoms with Crippen molar-refractivity contribution < 1.29 is 19.1 Å². The first-order valence-corrected chi connectivity index (χ1v) is 13.0. The molecule has 1 N–H and O–H groups in total. The van der Waals surface area contributed by atoms with Gasteiger partial charge in [0.2, 0.25) is 5.91 Å². The van der Waals surface area contributed by atoms with Gasteiger partial charge in [-0.3, -0.25) is 14.4 Å². The van der Waals surface area contributed by atoms with E-state index in [1.54, 1.807) is 38.4 Å². The van der Waals surface area contributed by atoms with Crippen LogP contribution in [0, 0.1) is 6.92 Å². The van der Waals surface area contributed by atoms with Gasteiger partial charge in [-0.05, 0) is 73.7 Å². The number of rotatable bonds is 8. The van der Waals surface area contributed by atoms with Crippen LogP contribution in [-0.2, 0) is 4.79 Å². The average molecular weight is 514 g/mol. The van der Waals surface area contributed by atoms with E-state index in [4.69, 9.17) is 4.74 Å². The molecule has 0 radical (unpaired) electrons. The molecule has 1 fully saturated rings. The number of nitrogens with one attached hydrogen (secondary N) is 1. The molecule has 0 aliphatic carbocycles. The molecule has 7 heteroatoms. The highest BCUT2D eigenvalue weighted by atomic mass is 16.5. The highest BCUT2D eigenvalue weighted by Gasteiger charge is 2.25. The molecule has 0 spiro atoms. The van der Waals surface area contributed by atoms with Crippen LogP contribution in [0.2, 0.25) is 0 Å². The molecule has 1 aliphatic heterocycles. The highest BCUT2D eigenvalue weighted by Crippen LogP contribution is 2.29. The van der Waals surface area contributed by atoms with Crippen LogP contribution in [0.3, 0.4) is 0 Å². The molecule has 0 saturated carbocycles. The van der Waals surface area contributed by atoms with Crippen molar-refractivity contribution in [2.75, 3.05) is 39.1 Å². The number of ether oxygens (including phenoxy) is 1. The fraction of sp³-hybridized carbons (Fsp3) is 0.323. The summed E-state index contributed by atoms with van der Waals surface area (Å²) in [4.78, 5) is 41.0. The number of nitrogens with zero attached hydrogens (tertiary/aromatic N) is 2. The van der Waals surface area contributed by atoms with E-state index in [9.17, 15) is 14.4 Å². The minimum atomic E-state index is -0.117. The van der Waals surface area contributed by atoms with Crippen LogP contribution >= 0.6 is 0 Å². The molecular formula is C31H35N3O4. The van der Waals surface area contributed by atoms with Gasteiger partial charge in [0.25, 0.3) is 11.8 Å². The van der Waals surface area contributed by atoms with E-state index in [2.05, 4.69) is 17.4 Å². The second kappa shape index (κ2) is 12.4. The number of anilines is 1. The van der Waals surface area contributed by atoms with E-state index in [0.29, 0.717) is 36.7 Å². The number of likely N-dealkylation sites (tertiary alicyclic amines) is 1. The van der Waals surface area contributed by atoms with Crippen LogP contribution in [0.1, 0.15) is 57.0 Å². The summed E-state index contributed by atoms with van der Waals surface area (Å²) in [7, 11) is 3.40. The van der Waals surface area contributed by atoms with Gasteiger partial charge in [0.05, 0.1) is 13.0 Å². The van der Waals surface area contributed by atoms with Gasteiger partial charge in [0.15, 0.2) is 0 Å². The van der Waals surface area contributed by atoms with Gasteiger partial charge in [-0.1, -0.05) is 35.9 Å². The Kier molecular flexibility index (Phi) is 8.79. The summed E-state index contributed by atoms with van der Waals surface area (Å²) >= 11 is 0. The Morgan fingerprint density at radius 2 is 1.58 bits per heavy atom. The third kappa shape index (κ3) is 7.00. The monoisotopic (exact) mass is 513 g/mol. The predicted octanol–water partition coefficient (Wildman–Crippen LogP) is 5.12. The van der Waals surface area contributed by atoms with Crippen LogP contribution in [0.5, 0.6) is 5.75 Å². The summed E-state index contributed by atoms with van der Waals surface area (Å²) in [5.41, 5.74) is 4.19. The van der Waals surface area contributed by atoms with Crippen molar-refractivity contribution in [3.05, 3.63) is 95.1 Å². The van der Waals surface area contributed by atoms with E-state index >= 15 is 0 Å². The summed E-state index contributed by atoms with van der Waals surface area (Å²) in [5, 5.41) is 2.93. The first-order valence-electron chi connectivity index (χ1n) is 13.0. The third-order valence-electron chi connectivity index (χ3n) is 6.83. The van der Waals surface area contributed by atoms with Crippen molar-refractivity contribution in [3.63, 3.8) is 0 Å². The lowest BCUT2D eigenvalue weighted by atomic mass is 9.89. The molecule has 38 heavy (non-hydrogen) atoms. The van der Waals surface area contributed by atoms with Crippen LogP contribution in [0.4, 0.5) is 5.69 Å². The normalized spacial score (nSPS) is 13.6. The number of benzene rings is 3. The van der Waals surface area contributed by atoms with Crippen LogP contribution in [0.25, 0.3) is 0 Å². The summed E-state index contributed by atoms with van der Waals surface area (Å²) in [5.74, 6) is 0.865. The number of hydrogen-bond donors (Lipinski definition) is 1. The SMILES string of the molecule is Cc1ccc(OCCC(=O)Nc2ccc(C3CCN(C(=O)c4cccc(C(=O)N(C)C)c4)CC3)cc2)cc1. The second-order valence-electron chi connectivity index (χ2n) is 9.93. The summed E-state index contributed by atoms with van der Waals surface area (Å²) < 4.78 is 5.64. The summed E-state index contributed by atoms with van der Waals surface area (Å²) in [6, 6.07) is 22.7. The zero-order valence-electron chi connectivity index (χ0n) is 22.3. The van der Waals surface area contributed by atoms with Gasteiger partial charge in [-0.15, -0.1) is 0 Å². The molecular weight excluding hydrogens is 478 g/mol. The van der Waals surface area contributed by atoms with Gasteiger partial charge in [-0.25, -0.2) is 0 Å². The molecule has 1 saturated heterocycles. The Balaban J connectivity index is 1.24. The Bertz CT molecular complexity index is 1260. The van der Waals surface area contributed by atoms with Crippen LogP contribution < -0.4 is 10.1 Å². The maximum Gasteiger partial charge on any atom is 0.253 e. The Morgan fingerprint density at radius 3 is 2.24 bits per heavy atom. The highest BCUT2D eigenvalue weighted by molar-refractivity contribution is 5.99. The molecule has 0 unspecified atom stereocenters. The molecule has 7 nitrogen and oxygen atoms in total. The summed E-state index contributed by atoms with van der Waals surface area (Å²) in [6.07, 6.45) is 2.00. The Morgan fingerprint density at radius 1 is 0.921 bits per heavy atom. The van der Waals surface area contributed by atoms with Crippen molar-refractivity contribution in [1.29, 1.82) is 0 Å². The van der Waals surface area contributed by atoms with E-state index in [-0.39, 0.29) is 24.1 Å². The third-order valence-corrected chi connectivity index (χ3v) is 6.83. The van der Waals surface area contributed by atoms with Crippen LogP contribution in [-0.4, -0.2) is 61.3 Å². The summed E-state index contributed by atoms with van der Waals surface area (Å²) in [6.45, 7) is 3.66. The van der Waals surface area contributed by atoms with Gasteiger partial charge in [-0.2, -0.15) is 0 Å². The largest absolute Gasteiger partial charge is 0.493 e. The van der Waals surface area contributed by atoms with Crippen molar-refractivity contribution in [2.24, 2.45) is 0 Å². The standard InChI is InChI=1S/C31H35N3O4/c1-22-7-13-28(14-8-22)38-20-17-29(35)32-27-11-9-23(10-12-27)24-15-18-34(19-16-24)31(37)26-6-4-5-25(21-26)30(36)33(2)3/h4-14,21,24H,15-20H2,1-3H3,(H,32,35). The minimum Gasteiger partial charge on any atom is -0.493 e. The minimum absolute atomic E-state index is 0.0405. The Hall–Kier alpha value is -4.13.